The molecule has 1 amide bonds. The molecule has 0 radical (unpaired) electrons. The SMILES string of the molecule is CS(=O)(=O)c1ccccc1C(=O)N(Cc1ccccn1)c1nc2ccc(F)cc2s1. The molecule has 0 aliphatic heterocycles. The van der Waals surface area contributed by atoms with Crippen molar-refractivity contribution < 1.29 is 17.6 Å². The fraction of sp³-hybridized carbons (Fsp3) is 0.0952. The molecule has 30 heavy (non-hydrogen) atoms. The zero-order valence-corrected chi connectivity index (χ0v) is 17.5. The normalized spacial score (nSPS) is 11.5. The van der Waals surface area contributed by atoms with E-state index in [0.717, 1.165) is 17.6 Å². The summed E-state index contributed by atoms with van der Waals surface area (Å²) in [6, 6.07) is 15.5. The Morgan fingerprint density at radius 2 is 1.87 bits per heavy atom. The van der Waals surface area contributed by atoms with Gasteiger partial charge in [-0.2, -0.15) is 0 Å². The maximum absolute atomic E-state index is 13.6. The third kappa shape index (κ3) is 4.07. The van der Waals surface area contributed by atoms with Crippen LogP contribution in [0.25, 0.3) is 10.2 Å². The number of nitrogens with zero attached hydrogens (tertiary/aromatic N) is 3. The van der Waals surface area contributed by atoms with E-state index >= 15 is 0 Å². The van der Waals surface area contributed by atoms with Gasteiger partial charge in [-0.25, -0.2) is 17.8 Å². The number of carbonyl (C=O) groups is 1. The monoisotopic (exact) mass is 441 g/mol. The molecule has 4 aromatic rings. The van der Waals surface area contributed by atoms with Crippen molar-refractivity contribution >= 4 is 42.4 Å². The van der Waals surface area contributed by atoms with Gasteiger partial charge in [-0.05, 0) is 42.5 Å². The summed E-state index contributed by atoms with van der Waals surface area (Å²) in [7, 11) is -3.63. The van der Waals surface area contributed by atoms with Crippen LogP contribution >= 0.6 is 11.3 Å². The molecule has 0 spiro atoms. The third-order valence-corrected chi connectivity index (χ3v) is 6.57. The van der Waals surface area contributed by atoms with Gasteiger partial charge in [0.2, 0.25) is 0 Å². The zero-order valence-electron chi connectivity index (χ0n) is 15.8. The highest BCUT2D eigenvalue weighted by atomic mass is 32.2. The second-order valence-electron chi connectivity index (χ2n) is 6.59. The number of aromatic nitrogens is 2. The molecule has 2 aromatic carbocycles. The van der Waals surface area contributed by atoms with Gasteiger partial charge in [0, 0.05) is 12.5 Å². The third-order valence-electron chi connectivity index (χ3n) is 4.38. The van der Waals surface area contributed by atoms with Gasteiger partial charge in [0.25, 0.3) is 5.91 Å². The lowest BCUT2D eigenvalue weighted by Crippen LogP contribution is -2.31. The van der Waals surface area contributed by atoms with Crippen LogP contribution in [0.1, 0.15) is 16.1 Å². The van der Waals surface area contributed by atoms with Crippen LogP contribution in [-0.2, 0) is 16.4 Å². The summed E-state index contributed by atoms with van der Waals surface area (Å²) in [5, 5.41) is 0.328. The highest BCUT2D eigenvalue weighted by Gasteiger charge is 2.26. The van der Waals surface area contributed by atoms with Crippen LogP contribution in [0.5, 0.6) is 0 Å². The molecule has 0 saturated heterocycles. The van der Waals surface area contributed by atoms with Gasteiger partial charge in [0.1, 0.15) is 5.82 Å². The molecular formula is C21H16FN3O3S2. The Morgan fingerprint density at radius 3 is 2.60 bits per heavy atom. The van der Waals surface area contributed by atoms with Gasteiger partial charge >= 0.3 is 0 Å². The number of carbonyl (C=O) groups excluding carboxylic acids is 1. The molecule has 0 saturated carbocycles. The predicted molar refractivity (Wildman–Crippen MR) is 114 cm³/mol. The smallest absolute Gasteiger partial charge is 0.261 e. The van der Waals surface area contributed by atoms with Crippen molar-refractivity contribution in [2.45, 2.75) is 11.4 Å². The van der Waals surface area contributed by atoms with E-state index in [1.54, 1.807) is 42.6 Å². The highest BCUT2D eigenvalue weighted by Crippen LogP contribution is 2.32. The van der Waals surface area contributed by atoms with Gasteiger partial charge in [0.15, 0.2) is 15.0 Å². The minimum Gasteiger partial charge on any atom is -0.278 e. The molecule has 0 bridgehead atoms. The van der Waals surface area contributed by atoms with Crippen molar-refractivity contribution in [3.8, 4) is 0 Å². The number of hydrogen-bond acceptors (Lipinski definition) is 6. The van der Waals surface area contributed by atoms with Crippen molar-refractivity contribution in [3.05, 3.63) is 83.9 Å². The lowest BCUT2D eigenvalue weighted by Gasteiger charge is -2.20. The number of pyridine rings is 1. The van der Waals surface area contributed by atoms with Gasteiger partial charge in [-0.3, -0.25) is 14.7 Å². The summed E-state index contributed by atoms with van der Waals surface area (Å²) in [6.45, 7) is 0.0834. The molecule has 2 aromatic heterocycles. The van der Waals surface area contributed by atoms with E-state index < -0.39 is 21.6 Å². The first-order valence-corrected chi connectivity index (χ1v) is 11.6. The van der Waals surface area contributed by atoms with E-state index in [1.807, 2.05) is 0 Å². The summed E-state index contributed by atoms with van der Waals surface area (Å²) in [5.74, 6) is -0.927. The molecule has 0 aliphatic carbocycles. The van der Waals surface area contributed by atoms with E-state index in [-0.39, 0.29) is 17.0 Å². The molecule has 0 fully saturated rings. The number of sulfone groups is 1. The average Bonchev–Trinajstić information content (AvgIpc) is 3.14. The Kier molecular flexibility index (Phi) is 5.31. The summed E-state index contributed by atoms with van der Waals surface area (Å²) in [6.07, 6.45) is 2.67. The topological polar surface area (TPSA) is 80.2 Å². The van der Waals surface area contributed by atoms with Gasteiger partial charge < -0.3 is 0 Å². The molecule has 0 N–H and O–H groups in total. The predicted octanol–water partition coefficient (Wildman–Crippen LogP) is 4.08. The van der Waals surface area contributed by atoms with Crippen LogP contribution in [0.15, 0.2) is 71.8 Å². The minimum atomic E-state index is -3.63. The number of hydrogen-bond donors (Lipinski definition) is 0. The number of anilines is 1. The number of rotatable bonds is 5. The van der Waals surface area contributed by atoms with Crippen LogP contribution in [0.2, 0.25) is 0 Å². The Balaban J connectivity index is 1.84. The second-order valence-corrected chi connectivity index (χ2v) is 9.58. The zero-order chi connectivity index (χ0) is 21.3. The van der Waals surface area contributed by atoms with Crippen molar-refractivity contribution in [3.63, 3.8) is 0 Å². The standard InChI is InChI=1S/C21H16FN3O3S2/c1-30(27,28)19-8-3-2-7-16(19)20(26)25(13-15-6-4-5-11-23-15)21-24-17-10-9-14(22)12-18(17)29-21/h2-12H,13H2,1H3. The van der Waals surface area contributed by atoms with Gasteiger partial charge in [0.05, 0.1) is 32.9 Å². The molecule has 4 rings (SSSR count). The quantitative estimate of drug-likeness (QED) is 0.466. The van der Waals surface area contributed by atoms with Crippen molar-refractivity contribution in [1.29, 1.82) is 0 Å². The highest BCUT2D eigenvalue weighted by molar-refractivity contribution is 7.90. The van der Waals surface area contributed by atoms with Crippen molar-refractivity contribution in [1.82, 2.24) is 9.97 Å². The van der Waals surface area contributed by atoms with Gasteiger partial charge in [-0.15, -0.1) is 0 Å². The number of halogens is 1. The number of benzene rings is 2. The average molecular weight is 442 g/mol. The molecule has 0 unspecified atom stereocenters. The van der Waals surface area contributed by atoms with E-state index in [4.69, 9.17) is 0 Å². The number of amides is 1. The maximum Gasteiger partial charge on any atom is 0.261 e. The van der Waals surface area contributed by atoms with Crippen LogP contribution in [0, 0.1) is 5.82 Å². The Morgan fingerprint density at radius 1 is 1.10 bits per heavy atom. The minimum absolute atomic E-state index is 0.0429. The molecular weight excluding hydrogens is 425 g/mol. The number of thiazole rings is 1. The summed E-state index contributed by atoms with van der Waals surface area (Å²) < 4.78 is 38.6. The van der Waals surface area contributed by atoms with Crippen LogP contribution in [0.4, 0.5) is 9.52 Å². The number of fused-ring (bicyclic) bond motifs is 1. The Labute approximate surface area is 176 Å². The first-order valence-electron chi connectivity index (χ1n) is 8.90. The largest absolute Gasteiger partial charge is 0.278 e. The van der Waals surface area contributed by atoms with Crippen LogP contribution < -0.4 is 4.90 Å². The van der Waals surface area contributed by atoms with Crippen molar-refractivity contribution in [2.75, 3.05) is 11.2 Å². The van der Waals surface area contributed by atoms with E-state index in [9.17, 15) is 17.6 Å². The molecule has 0 atom stereocenters. The first-order chi connectivity index (χ1) is 14.3. The summed E-state index contributed by atoms with van der Waals surface area (Å²) >= 11 is 1.15. The van der Waals surface area contributed by atoms with Crippen LogP contribution in [0.3, 0.4) is 0 Å². The molecule has 0 aliphatic rings. The summed E-state index contributed by atoms with van der Waals surface area (Å²) in [5.41, 5.74) is 1.20. The fourth-order valence-corrected chi connectivity index (χ4v) is 4.86. The van der Waals surface area contributed by atoms with Crippen molar-refractivity contribution in [2.24, 2.45) is 0 Å². The molecule has 152 valence electrons. The fourth-order valence-electron chi connectivity index (χ4n) is 2.99. The summed E-state index contributed by atoms with van der Waals surface area (Å²) in [4.78, 5) is 23.5. The first kappa shape index (κ1) is 20.1. The van der Waals surface area contributed by atoms with E-state index in [0.29, 0.717) is 21.0 Å². The Hall–Kier alpha value is -3.17. The van der Waals surface area contributed by atoms with Gasteiger partial charge in [-0.1, -0.05) is 29.5 Å². The second kappa shape index (κ2) is 7.92. The van der Waals surface area contributed by atoms with E-state index in [2.05, 4.69) is 9.97 Å². The lowest BCUT2D eigenvalue weighted by atomic mass is 10.2. The Bertz CT molecular complexity index is 1340. The lowest BCUT2D eigenvalue weighted by molar-refractivity contribution is 0.0981. The van der Waals surface area contributed by atoms with E-state index in [1.165, 1.54) is 29.2 Å². The maximum atomic E-state index is 13.6. The molecule has 6 nitrogen and oxygen atoms in total. The molecule has 9 heteroatoms. The molecule has 2 heterocycles. The van der Waals surface area contributed by atoms with Crippen LogP contribution in [-0.4, -0.2) is 30.5 Å².